The third-order valence-corrected chi connectivity index (χ3v) is 6.45. The minimum Gasteiger partial charge on any atom is -0.486 e. The predicted molar refractivity (Wildman–Crippen MR) is 85.5 cm³/mol. The fraction of sp³-hybridized carbons (Fsp3) is 0.533. The Hall–Kier alpha value is -1.84. The molecule has 0 bridgehead atoms. The topological polar surface area (TPSA) is 103 Å². The summed E-state index contributed by atoms with van der Waals surface area (Å²) in [5.74, 6) is 0.645. The molecule has 0 aromatic heterocycles. The number of nitrogens with two attached hydrogens (primary N) is 1. The molecule has 0 spiro atoms. The van der Waals surface area contributed by atoms with Crippen molar-refractivity contribution >= 4 is 15.9 Å². The van der Waals surface area contributed by atoms with E-state index in [2.05, 4.69) is 0 Å². The Balaban J connectivity index is 1.74. The maximum absolute atomic E-state index is 12.8. The number of hydrogen-bond acceptors (Lipinski definition) is 5. The summed E-state index contributed by atoms with van der Waals surface area (Å²) in [6, 6.07) is 4.35. The minimum atomic E-state index is -3.60. The number of nitrogens with zero attached hydrogens (tertiary/aromatic N) is 1. The summed E-state index contributed by atoms with van der Waals surface area (Å²) in [5.41, 5.74) is 5.33. The molecule has 0 aliphatic carbocycles. The summed E-state index contributed by atoms with van der Waals surface area (Å²) < 4.78 is 37.9. The Kier molecular flexibility index (Phi) is 4.66. The zero-order chi connectivity index (χ0) is 17.3. The highest BCUT2D eigenvalue weighted by atomic mass is 32.2. The number of nitrogens with one attached hydrogen (secondary N) is 1. The summed E-state index contributed by atoms with van der Waals surface area (Å²) in [6.45, 7) is 4.43. The van der Waals surface area contributed by atoms with E-state index in [4.69, 9.17) is 15.2 Å². The molecule has 1 aromatic rings. The maximum atomic E-state index is 12.8. The summed E-state index contributed by atoms with van der Waals surface area (Å²) in [5, 5.41) is 0. The van der Waals surface area contributed by atoms with Gasteiger partial charge in [0.05, 0.1) is 31.1 Å². The second-order valence-corrected chi connectivity index (χ2v) is 7.93. The van der Waals surface area contributed by atoms with Gasteiger partial charge in [-0.1, -0.05) is 0 Å². The summed E-state index contributed by atoms with van der Waals surface area (Å²) in [4.78, 5) is 12.5. The number of fused-ring (bicyclic) bond motifs is 1. The number of hydrogen-bond donors (Lipinski definition) is 2. The SMILES string of the molecule is C[C@@H](C(N)=O)[NH+]1CCN(S(=O)(=O)c2ccc3c(c2)OCCO3)CC1. The Morgan fingerprint density at radius 1 is 1.21 bits per heavy atom. The van der Waals surface area contributed by atoms with Crippen molar-refractivity contribution in [3.05, 3.63) is 18.2 Å². The van der Waals surface area contributed by atoms with Gasteiger partial charge in [-0.3, -0.25) is 4.79 Å². The largest absolute Gasteiger partial charge is 0.486 e. The van der Waals surface area contributed by atoms with Crippen molar-refractivity contribution in [2.75, 3.05) is 39.4 Å². The highest BCUT2D eigenvalue weighted by Gasteiger charge is 2.34. The van der Waals surface area contributed by atoms with Gasteiger partial charge in [-0.25, -0.2) is 8.42 Å². The van der Waals surface area contributed by atoms with Crippen molar-refractivity contribution in [2.24, 2.45) is 5.73 Å². The first-order valence-electron chi connectivity index (χ1n) is 7.93. The number of quaternary nitrogens is 1. The van der Waals surface area contributed by atoms with Gasteiger partial charge in [-0.15, -0.1) is 0 Å². The van der Waals surface area contributed by atoms with Crippen molar-refractivity contribution in [2.45, 2.75) is 17.9 Å². The van der Waals surface area contributed by atoms with Gasteiger partial charge in [0.1, 0.15) is 13.2 Å². The van der Waals surface area contributed by atoms with Gasteiger partial charge < -0.3 is 20.1 Å². The Morgan fingerprint density at radius 3 is 2.46 bits per heavy atom. The van der Waals surface area contributed by atoms with Crippen molar-refractivity contribution in [3.63, 3.8) is 0 Å². The van der Waals surface area contributed by atoms with Crippen LogP contribution in [0.2, 0.25) is 0 Å². The lowest BCUT2D eigenvalue weighted by atomic mass is 10.2. The van der Waals surface area contributed by atoms with Crippen LogP contribution in [-0.2, 0) is 14.8 Å². The first-order valence-corrected chi connectivity index (χ1v) is 9.37. The fourth-order valence-corrected chi connectivity index (χ4v) is 4.44. The van der Waals surface area contributed by atoms with Gasteiger partial charge in [-0.2, -0.15) is 4.31 Å². The van der Waals surface area contributed by atoms with Gasteiger partial charge in [0, 0.05) is 6.07 Å². The smallest absolute Gasteiger partial charge is 0.275 e. The summed E-state index contributed by atoms with van der Waals surface area (Å²) in [6.07, 6.45) is 0. The first-order chi connectivity index (χ1) is 11.4. The molecule has 0 saturated carbocycles. The molecule has 1 fully saturated rings. The number of benzene rings is 1. The lowest BCUT2D eigenvalue weighted by Gasteiger charge is -2.33. The monoisotopic (exact) mass is 356 g/mol. The Morgan fingerprint density at radius 2 is 1.83 bits per heavy atom. The molecule has 24 heavy (non-hydrogen) atoms. The first kappa shape index (κ1) is 17.0. The van der Waals surface area contributed by atoms with Crippen LogP contribution in [0.1, 0.15) is 6.92 Å². The lowest BCUT2D eigenvalue weighted by molar-refractivity contribution is -0.917. The zero-order valence-corrected chi connectivity index (χ0v) is 14.3. The Labute approximate surface area is 141 Å². The van der Waals surface area contributed by atoms with Crippen LogP contribution in [-0.4, -0.2) is 64.1 Å². The molecule has 0 unspecified atom stereocenters. The average molecular weight is 356 g/mol. The quantitative estimate of drug-likeness (QED) is 0.664. The molecule has 3 N–H and O–H groups in total. The normalized spacial score (nSPS) is 20.5. The van der Waals surface area contributed by atoms with E-state index in [-0.39, 0.29) is 16.8 Å². The van der Waals surface area contributed by atoms with Gasteiger partial charge in [0.15, 0.2) is 17.5 Å². The number of ether oxygens (including phenoxy) is 2. The van der Waals surface area contributed by atoms with E-state index in [1.807, 2.05) is 0 Å². The fourth-order valence-electron chi connectivity index (χ4n) is 2.98. The van der Waals surface area contributed by atoms with Crippen molar-refractivity contribution < 1.29 is 27.6 Å². The third kappa shape index (κ3) is 3.19. The number of rotatable bonds is 4. The van der Waals surface area contributed by atoms with Gasteiger partial charge >= 0.3 is 0 Å². The minimum absolute atomic E-state index is 0.193. The van der Waals surface area contributed by atoms with E-state index >= 15 is 0 Å². The molecule has 3 rings (SSSR count). The third-order valence-electron chi connectivity index (χ3n) is 4.56. The highest BCUT2D eigenvalue weighted by molar-refractivity contribution is 7.89. The number of primary amides is 1. The predicted octanol–water partition coefficient (Wildman–Crippen LogP) is -1.78. The van der Waals surface area contributed by atoms with Crippen molar-refractivity contribution in [1.82, 2.24) is 4.31 Å². The molecule has 2 aliphatic rings. The molecule has 2 aliphatic heterocycles. The van der Waals surface area contributed by atoms with Crippen molar-refractivity contribution in [1.29, 1.82) is 0 Å². The summed E-state index contributed by atoms with van der Waals surface area (Å²) in [7, 11) is -3.60. The van der Waals surface area contributed by atoms with Crippen LogP contribution < -0.4 is 20.1 Å². The number of carbonyl (C=O) groups excluding carboxylic acids is 1. The maximum Gasteiger partial charge on any atom is 0.275 e. The van der Waals surface area contributed by atoms with Crippen LogP contribution in [0.3, 0.4) is 0 Å². The molecule has 1 amide bonds. The molecule has 1 saturated heterocycles. The molecular formula is C15H22N3O5S+. The van der Waals surface area contributed by atoms with Crippen LogP contribution in [0.15, 0.2) is 23.1 Å². The van der Waals surface area contributed by atoms with Crippen LogP contribution in [0.25, 0.3) is 0 Å². The van der Waals surface area contributed by atoms with Crippen LogP contribution in [0, 0.1) is 0 Å². The number of amides is 1. The molecule has 0 radical (unpaired) electrons. The molecule has 132 valence electrons. The number of piperazine rings is 1. The van der Waals surface area contributed by atoms with E-state index in [0.717, 1.165) is 4.90 Å². The van der Waals surface area contributed by atoms with Gasteiger partial charge in [0.2, 0.25) is 10.0 Å². The molecule has 1 atom stereocenters. The molecule has 9 heteroatoms. The Bertz CT molecular complexity index is 729. The molecular weight excluding hydrogens is 334 g/mol. The van der Waals surface area contributed by atoms with E-state index < -0.39 is 10.0 Å². The van der Waals surface area contributed by atoms with Crippen LogP contribution in [0.5, 0.6) is 11.5 Å². The van der Waals surface area contributed by atoms with E-state index in [1.54, 1.807) is 13.0 Å². The second-order valence-electron chi connectivity index (χ2n) is 5.99. The zero-order valence-electron chi connectivity index (χ0n) is 13.5. The lowest BCUT2D eigenvalue weighted by Crippen LogP contribution is -3.19. The molecule has 2 heterocycles. The van der Waals surface area contributed by atoms with E-state index in [9.17, 15) is 13.2 Å². The van der Waals surface area contributed by atoms with E-state index in [1.165, 1.54) is 16.4 Å². The van der Waals surface area contributed by atoms with Gasteiger partial charge in [0.25, 0.3) is 5.91 Å². The molecule has 8 nitrogen and oxygen atoms in total. The molecule has 1 aromatic carbocycles. The standard InChI is InChI=1S/C15H21N3O5S/c1-11(15(16)19)17-4-6-18(7-5-17)24(20,21)12-2-3-13-14(10-12)23-9-8-22-13/h2-3,10-11H,4-9H2,1H3,(H2,16,19)/p+1/t11-/m0/s1. The van der Waals surface area contributed by atoms with E-state index in [0.29, 0.717) is 50.9 Å². The second kappa shape index (κ2) is 6.58. The van der Waals surface area contributed by atoms with Crippen LogP contribution >= 0.6 is 0 Å². The average Bonchev–Trinajstić information content (AvgIpc) is 2.60. The van der Waals surface area contributed by atoms with Crippen molar-refractivity contribution in [3.8, 4) is 11.5 Å². The highest BCUT2D eigenvalue weighted by Crippen LogP contribution is 2.33. The summed E-state index contributed by atoms with van der Waals surface area (Å²) >= 11 is 0. The van der Waals surface area contributed by atoms with Gasteiger partial charge in [-0.05, 0) is 19.1 Å². The number of carbonyl (C=O) groups is 1. The number of sulfonamides is 1. The van der Waals surface area contributed by atoms with Crippen LogP contribution in [0.4, 0.5) is 0 Å².